The zero-order chi connectivity index (χ0) is 11.8. The summed E-state index contributed by atoms with van der Waals surface area (Å²) in [6, 6.07) is 3.58. The van der Waals surface area contributed by atoms with E-state index in [2.05, 4.69) is 0 Å². The van der Waals surface area contributed by atoms with Gasteiger partial charge in [-0.2, -0.15) is 0 Å². The molecule has 3 rings (SSSR count). The van der Waals surface area contributed by atoms with Gasteiger partial charge in [0.15, 0.2) is 11.5 Å². The number of rotatable bonds is 2. The van der Waals surface area contributed by atoms with Crippen molar-refractivity contribution in [2.45, 2.75) is 25.4 Å². The van der Waals surface area contributed by atoms with E-state index in [1.54, 1.807) is 6.07 Å². The van der Waals surface area contributed by atoms with Crippen molar-refractivity contribution in [2.75, 3.05) is 13.2 Å². The molecule has 0 radical (unpaired) electrons. The van der Waals surface area contributed by atoms with Crippen LogP contribution in [0.3, 0.4) is 0 Å². The molecule has 1 heterocycles. The molecule has 1 aromatic rings. The van der Waals surface area contributed by atoms with Gasteiger partial charge in [-0.1, -0.05) is 11.6 Å². The minimum Gasteiger partial charge on any atom is -0.490 e. The van der Waals surface area contributed by atoms with Crippen molar-refractivity contribution in [1.29, 1.82) is 0 Å². The first-order valence-corrected chi connectivity index (χ1v) is 6.40. The SMILES string of the molecule is OC(c1cc2c(cc1Cl)OCCCO2)C1CC1. The molecule has 17 heavy (non-hydrogen) atoms. The summed E-state index contributed by atoms with van der Waals surface area (Å²) in [4.78, 5) is 0. The van der Waals surface area contributed by atoms with Gasteiger partial charge in [0.25, 0.3) is 0 Å². The topological polar surface area (TPSA) is 38.7 Å². The maximum Gasteiger partial charge on any atom is 0.162 e. The number of hydrogen-bond donors (Lipinski definition) is 1. The molecule has 92 valence electrons. The molecule has 1 aromatic carbocycles. The Balaban J connectivity index is 1.96. The van der Waals surface area contributed by atoms with Crippen molar-refractivity contribution < 1.29 is 14.6 Å². The Kier molecular flexibility index (Phi) is 2.89. The van der Waals surface area contributed by atoms with E-state index in [9.17, 15) is 5.11 Å². The molecule has 0 amide bonds. The van der Waals surface area contributed by atoms with E-state index >= 15 is 0 Å². The molecule has 0 aromatic heterocycles. The van der Waals surface area contributed by atoms with Crippen molar-refractivity contribution in [3.05, 3.63) is 22.7 Å². The van der Waals surface area contributed by atoms with Crippen LogP contribution in [0.1, 0.15) is 30.9 Å². The largest absolute Gasteiger partial charge is 0.490 e. The normalized spacial score (nSPS) is 20.8. The maximum absolute atomic E-state index is 10.1. The fourth-order valence-electron chi connectivity index (χ4n) is 2.09. The molecule has 1 N–H and O–H groups in total. The summed E-state index contributed by atoms with van der Waals surface area (Å²) < 4.78 is 11.1. The molecule has 1 fully saturated rings. The van der Waals surface area contributed by atoms with E-state index in [4.69, 9.17) is 21.1 Å². The number of ether oxygens (including phenoxy) is 2. The summed E-state index contributed by atoms with van der Waals surface area (Å²) >= 11 is 6.19. The van der Waals surface area contributed by atoms with Crippen molar-refractivity contribution in [3.63, 3.8) is 0 Å². The predicted octanol–water partition coefficient (Wildman–Crippen LogP) is 2.94. The summed E-state index contributed by atoms with van der Waals surface area (Å²) in [5.74, 6) is 1.73. The fraction of sp³-hybridized carbons (Fsp3) is 0.538. The Hall–Kier alpha value is -0.930. The van der Waals surface area contributed by atoms with Gasteiger partial charge in [-0.15, -0.1) is 0 Å². The molecular weight excluding hydrogens is 240 g/mol. The highest BCUT2D eigenvalue weighted by Gasteiger charge is 2.32. The van der Waals surface area contributed by atoms with Gasteiger partial charge in [-0.25, -0.2) is 0 Å². The standard InChI is InChI=1S/C13H15ClO3/c14-10-7-12-11(16-4-1-5-17-12)6-9(10)13(15)8-2-3-8/h6-8,13,15H,1-5H2. The quantitative estimate of drug-likeness (QED) is 0.882. The molecule has 1 unspecified atom stereocenters. The van der Waals surface area contributed by atoms with E-state index < -0.39 is 6.10 Å². The lowest BCUT2D eigenvalue weighted by Crippen LogP contribution is -2.02. The molecule has 1 saturated carbocycles. The highest BCUT2D eigenvalue weighted by Crippen LogP contribution is 2.45. The minimum atomic E-state index is -0.473. The second-order valence-electron chi connectivity index (χ2n) is 4.65. The van der Waals surface area contributed by atoms with Crippen LogP contribution < -0.4 is 9.47 Å². The van der Waals surface area contributed by atoms with Gasteiger partial charge < -0.3 is 14.6 Å². The van der Waals surface area contributed by atoms with Crippen molar-refractivity contribution >= 4 is 11.6 Å². The van der Waals surface area contributed by atoms with E-state index in [1.807, 2.05) is 6.07 Å². The van der Waals surface area contributed by atoms with Crippen LogP contribution in [0.15, 0.2) is 12.1 Å². The summed E-state index contributed by atoms with van der Waals surface area (Å²) in [6.07, 6.45) is 2.55. The van der Waals surface area contributed by atoms with Crippen LogP contribution in [0, 0.1) is 5.92 Å². The molecule has 0 spiro atoms. The number of fused-ring (bicyclic) bond motifs is 1. The van der Waals surface area contributed by atoms with Crippen LogP contribution in [0.5, 0.6) is 11.5 Å². The van der Waals surface area contributed by atoms with Crippen molar-refractivity contribution in [2.24, 2.45) is 5.92 Å². The van der Waals surface area contributed by atoms with E-state index in [1.165, 1.54) is 0 Å². The average Bonchev–Trinajstić information content (AvgIpc) is 3.14. The third kappa shape index (κ3) is 2.22. The first-order chi connectivity index (χ1) is 8.25. The molecule has 1 aliphatic heterocycles. The van der Waals surface area contributed by atoms with Crippen LogP contribution in [0.2, 0.25) is 5.02 Å². The Morgan fingerprint density at radius 3 is 2.47 bits per heavy atom. The molecule has 3 nitrogen and oxygen atoms in total. The smallest absolute Gasteiger partial charge is 0.162 e. The van der Waals surface area contributed by atoms with Crippen LogP contribution in [0.4, 0.5) is 0 Å². The Morgan fingerprint density at radius 1 is 1.18 bits per heavy atom. The predicted molar refractivity (Wildman–Crippen MR) is 64.7 cm³/mol. The average molecular weight is 255 g/mol. The third-order valence-corrected chi connectivity index (χ3v) is 3.58. The van der Waals surface area contributed by atoms with Gasteiger partial charge in [0.1, 0.15) is 0 Å². The molecule has 0 bridgehead atoms. The van der Waals surface area contributed by atoms with Crippen LogP contribution in [-0.4, -0.2) is 18.3 Å². The van der Waals surface area contributed by atoms with Gasteiger partial charge in [0.2, 0.25) is 0 Å². The minimum absolute atomic E-state index is 0.359. The van der Waals surface area contributed by atoms with Crippen molar-refractivity contribution in [3.8, 4) is 11.5 Å². The monoisotopic (exact) mass is 254 g/mol. The van der Waals surface area contributed by atoms with Gasteiger partial charge >= 0.3 is 0 Å². The molecule has 1 aliphatic carbocycles. The van der Waals surface area contributed by atoms with Gasteiger partial charge in [0, 0.05) is 18.1 Å². The van der Waals surface area contributed by atoms with Crippen LogP contribution in [0.25, 0.3) is 0 Å². The number of benzene rings is 1. The second-order valence-corrected chi connectivity index (χ2v) is 5.06. The number of aliphatic hydroxyl groups is 1. The number of hydrogen-bond acceptors (Lipinski definition) is 3. The van der Waals surface area contributed by atoms with E-state index in [0.717, 1.165) is 24.8 Å². The fourth-order valence-corrected chi connectivity index (χ4v) is 2.36. The first-order valence-electron chi connectivity index (χ1n) is 6.03. The Labute approximate surface area is 105 Å². The van der Waals surface area contributed by atoms with E-state index in [0.29, 0.717) is 35.7 Å². The first kappa shape index (κ1) is 11.2. The zero-order valence-electron chi connectivity index (χ0n) is 9.49. The highest BCUT2D eigenvalue weighted by atomic mass is 35.5. The van der Waals surface area contributed by atoms with Gasteiger partial charge in [0.05, 0.1) is 24.3 Å². The van der Waals surface area contributed by atoms with Crippen molar-refractivity contribution in [1.82, 2.24) is 0 Å². The maximum atomic E-state index is 10.1. The lowest BCUT2D eigenvalue weighted by Gasteiger charge is -2.15. The molecule has 4 heteroatoms. The van der Waals surface area contributed by atoms with Gasteiger partial charge in [-0.05, 0) is 24.8 Å². The third-order valence-electron chi connectivity index (χ3n) is 3.25. The summed E-state index contributed by atoms with van der Waals surface area (Å²) in [5.41, 5.74) is 0.762. The van der Waals surface area contributed by atoms with Crippen LogP contribution >= 0.6 is 11.6 Å². The Bertz CT molecular complexity index is 429. The zero-order valence-corrected chi connectivity index (χ0v) is 10.2. The lowest BCUT2D eigenvalue weighted by molar-refractivity contribution is 0.153. The summed E-state index contributed by atoms with van der Waals surface area (Å²) in [7, 11) is 0. The highest BCUT2D eigenvalue weighted by molar-refractivity contribution is 6.31. The summed E-state index contributed by atoms with van der Waals surface area (Å²) in [5, 5.41) is 10.7. The molecular formula is C13H15ClO3. The number of halogens is 1. The Morgan fingerprint density at radius 2 is 1.82 bits per heavy atom. The molecule has 2 aliphatic rings. The molecule has 1 atom stereocenters. The molecule has 0 saturated heterocycles. The summed E-state index contributed by atoms with van der Waals surface area (Å²) in [6.45, 7) is 1.29. The number of aliphatic hydroxyl groups excluding tert-OH is 1. The second kappa shape index (κ2) is 4.39. The van der Waals surface area contributed by atoms with Gasteiger partial charge in [-0.3, -0.25) is 0 Å². The van der Waals surface area contributed by atoms with E-state index in [-0.39, 0.29) is 0 Å². The van der Waals surface area contributed by atoms with Crippen LogP contribution in [-0.2, 0) is 0 Å². The lowest BCUT2D eigenvalue weighted by atomic mass is 10.0.